The Bertz CT molecular complexity index is 1380. The number of sulfonamides is 1. The van der Waals surface area contributed by atoms with Crippen molar-refractivity contribution >= 4 is 21.6 Å². The summed E-state index contributed by atoms with van der Waals surface area (Å²) in [5, 5.41) is 9.75. The summed E-state index contributed by atoms with van der Waals surface area (Å²) < 4.78 is 36.3. The van der Waals surface area contributed by atoms with Crippen LogP contribution in [0.1, 0.15) is 25.0 Å². The van der Waals surface area contributed by atoms with Crippen LogP contribution >= 0.6 is 0 Å². The number of aliphatic hydroxyl groups is 1. The molecule has 2 aromatic heterocycles. The smallest absolute Gasteiger partial charge is 0.280 e. The van der Waals surface area contributed by atoms with Crippen molar-refractivity contribution in [2.75, 3.05) is 31.5 Å². The number of hydrogen-bond acceptors (Lipinski definition) is 8. The Morgan fingerprint density at radius 3 is 2.67 bits per heavy atom. The average molecular weight is 557 g/mol. The number of likely N-dealkylation sites (N-methyl/N-ethyl adjacent to an activating group) is 1. The van der Waals surface area contributed by atoms with Gasteiger partial charge in [0.15, 0.2) is 5.03 Å². The molecule has 1 amide bonds. The molecule has 0 saturated carbocycles. The van der Waals surface area contributed by atoms with Gasteiger partial charge in [0.25, 0.3) is 10.0 Å². The third-order valence-electron chi connectivity index (χ3n) is 6.82. The summed E-state index contributed by atoms with van der Waals surface area (Å²) in [6.07, 6.45) is 6.08. The third kappa shape index (κ3) is 7.14. The summed E-state index contributed by atoms with van der Waals surface area (Å²) >= 11 is 0. The summed E-state index contributed by atoms with van der Waals surface area (Å²) in [7, 11) is -0.210. The lowest BCUT2D eigenvalue weighted by Gasteiger charge is -2.34. The molecule has 0 radical (unpaired) electrons. The van der Waals surface area contributed by atoms with Crippen LogP contribution in [0.4, 0.5) is 5.69 Å². The molecule has 2 N–H and O–H groups in total. The molecular formula is C27H36N6O5S. The van der Waals surface area contributed by atoms with Gasteiger partial charge in [-0.3, -0.25) is 19.4 Å². The number of aliphatic hydroxyl groups excluding tert-OH is 1. The van der Waals surface area contributed by atoms with Gasteiger partial charge in [-0.25, -0.2) is 4.98 Å². The Labute approximate surface area is 229 Å². The molecule has 3 heterocycles. The first-order valence-electron chi connectivity index (χ1n) is 12.8. The number of aromatic nitrogens is 3. The molecule has 0 fully saturated rings. The molecule has 1 aromatic carbocycles. The molecule has 11 nitrogen and oxygen atoms in total. The van der Waals surface area contributed by atoms with E-state index in [2.05, 4.69) is 19.6 Å². The Balaban J connectivity index is 1.63. The van der Waals surface area contributed by atoms with Gasteiger partial charge in [0.2, 0.25) is 5.91 Å². The zero-order chi connectivity index (χ0) is 28.2. The number of pyridine rings is 1. The lowest BCUT2D eigenvalue weighted by atomic mass is 10.0. The number of fused-ring (bicyclic) bond motifs is 1. The van der Waals surface area contributed by atoms with Crippen molar-refractivity contribution in [1.82, 2.24) is 24.3 Å². The van der Waals surface area contributed by atoms with Crippen LogP contribution in [0.3, 0.4) is 0 Å². The van der Waals surface area contributed by atoms with Gasteiger partial charge < -0.3 is 19.3 Å². The predicted molar refractivity (Wildman–Crippen MR) is 147 cm³/mol. The zero-order valence-corrected chi connectivity index (χ0v) is 23.5. The first kappa shape index (κ1) is 28.5. The SMILES string of the molecule is C[C@@H]1CN([C@@H](C)CO)C(=O)Cc2cc(NS(=O)(=O)c3cn(C)cn3)ccc2O[C@H]1CN(C)Cc1ccncc1. The predicted octanol–water partition coefficient (Wildman–Crippen LogP) is 1.90. The van der Waals surface area contributed by atoms with Gasteiger partial charge >= 0.3 is 0 Å². The molecule has 1 aliphatic rings. The van der Waals surface area contributed by atoms with E-state index in [0.29, 0.717) is 36.6 Å². The van der Waals surface area contributed by atoms with Crippen LogP contribution in [0.15, 0.2) is 60.3 Å². The van der Waals surface area contributed by atoms with Crippen LogP contribution in [0.25, 0.3) is 0 Å². The standard InChI is InChI=1S/C27H36N6O5S/c1-19-13-33(20(2)17-34)27(35)12-22-11-23(30-39(36,37)26-16-32(4)18-29-26)5-6-24(22)38-25(19)15-31(3)14-21-7-9-28-10-8-21/h5-11,16,18-20,25,30,34H,12-15,17H2,1-4H3/t19-,20+,25+/m1/s1. The van der Waals surface area contributed by atoms with Crippen molar-refractivity contribution in [3.63, 3.8) is 0 Å². The fraction of sp³-hybridized carbons (Fsp3) is 0.444. The van der Waals surface area contributed by atoms with Gasteiger partial charge in [-0.2, -0.15) is 8.42 Å². The third-order valence-corrected chi connectivity index (χ3v) is 8.08. The average Bonchev–Trinajstić information content (AvgIpc) is 3.36. The molecule has 0 unspecified atom stereocenters. The molecule has 0 bridgehead atoms. The summed E-state index contributed by atoms with van der Waals surface area (Å²) in [6.45, 7) is 5.39. The maximum Gasteiger partial charge on any atom is 0.280 e. The highest BCUT2D eigenvalue weighted by atomic mass is 32.2. The number of rotatable bonds is 9. The van der Waals surface area contributed by atoms with Crippen LogP contribution in [-0.4, -0.2) is 82.7 Å². The molecule has 0 saturated heterocycles. The lowest BCUT2D eigenvalue weighted by molar-refractivity contribution is -0.134. The van der Waals surface area contributed by atoms with E-state index >= 15 is 0 Å². The van der Waals surface area contributed by atoms with E-state index in [4.69, 9.17) is 4.74 Å². The van der Waals surface area contributed by atoms with Gasteiger partial charge in [-0.1, -0.05) is 6.92 Å². The maximum atomic E-state index is 13.4. The minimum Gasteiger partial charge on any atom is -0.488 e. The molecule has 1 aliphatic heterocycles. The second-order valence-electron chi connectivity index (χ2n) is 10.2. The molecule has 3 aromatic rings. The van der Waals surface area contributed by atoms with E-state index in [1.807, 2.05) is 33.0 Å². The molecule has 39 heavy (non-hydrogen) atoms. The number of anilines is 1. The first-order chi connectivity index (χ1) is 18.6. The van der Waals surface area contributed by atoms with Gasteiger partial charge in [-0.15, -0.1) is 0 Å². The van der Waals surface area contributed by atoms with E-state index in [0.717, 1.165) is 5.56 Å². The van der Waals surface area contributed by atoms with E-state index in [-0.39, 0.29) is 42.0 Å². The monoisotopic (exact) mass is 556 g/mol. The van der Waals surface area contributed by atoms with Crippen molar-refractivity contribution in [2.45, 2.75) is 44.0 Å². The van der Waals surface area contributed by atoms with Crippen LogP contribution in [-0.2, 0) is 34.8 Å². The second-order valence-corrected chi connectivity index (χ2v) is 11.9. The van der Waals surface area contributed by atoms with Gasteiger partial charge in [0, 0.05) is 62.4 Å². The summed E-state index contributed by atoms with van der Waals surface area (Å²) in [6, 6.07) is 8.52. The molecule has 0 aliphatic carbocycles. The fourth-order valence-corrected chi connectivity index (χ4v) is 5.65. The fourth-order valence-electron chi connectivity index (χ4n) is 4.62. The number of hydrogen-bond donors (Lipinski definition) is 2. The topological polar surface area (TPSA) is 130 Å². The number of imidazole rings is 1. The maximum absolute atomic E-state index is 13.4. The molecular weight excluding hydrogens is 520 g/mol. The first-order valence-corrected chi connectivity index (χ1v) is 14.3. The van der Waals surface area contributed by atoms with Gasteiger partial charge in [-0.05, 0) is 49.9 Å². The van der Waals surface area contributed by atoms with E-state index < -0.39 is 10.0 Å². The summed E-state index contributed by atoms with van der Waals surface area (Å²) in [5.41, 5.74) is 1.99. The van der Waals surface area contributed by atoms with Crippen molar-refractivity contribution in [3.8, 4) is 5.75 Å². The van der Waals surface area contributed by atoms with Crippen molar-refractivity contribution in [3.05, 3.63) is 66.4 Å². The Morgan fingerprint density at radius 2 is 2.00 bits per heavy atom. The number of nitrogens with one attached hydrogen (secondary N) is 1. The van der Waals surface area contributed by atoms with Crippen LogP contribution in [0.5, 0.6) is 5.75 Å². The lowest BCUT2D eigenvalue weighted by Crippen LogP contribution is -2.47. The van der Waals surface area contributed by atoms with Gasteiger partial charge in [0.1, 0.15) is 11.9 Å². The highest BCUT2D eigenvalue weighted by molar-refractivity contribution is 7.92. The Morgan fingerprint density at radius 1 is 1.26 bits per heavy atom. The van der Waals surface area contributed by atoms with Crippen LogP contribution in [0.2, 0.25) is 0 Å². The quantitative estimate of drug-likeness (QED) is 0.409. The number of amides is 1. The molecule has 3 atom stereocenters. The normalized spacial score (nSPS) is 19.0. The molecule has 0 spiro atoms. The number of ether oxygens (including phenoxy) is 1. The Kier molecular flexibility index (Phi) is 8.88. The minimum atomic E-state index is -3.91. The number of nitrogens with zero attached hydrogens (tertiary/aromatic N) is 5. The zero-order valence-electron chi connectivity index (χ0n) is 22.7. The Hall–Kier alpha value is -3.48. The van der Waals surface area contributed by atoms with Gasteiger partial charge in [0.05, 0.1) is 25.4 Å². The summed E-state index contributed by atoms with van der Waals surface area (Å²) in [4.78, 5) is 25.3. The van der Waals surface area contributed by atoms with Crippen LogP contribution in [0, 0.1) is 5.92 Å². The highest BCUT2D eigenvalue weighted by Gasteiger charge is 2.31. The molecule has 12 heteroatoms. The summed E-state index contributed by atoms with van der Waals surface area (Å²) in [5.74, 6) is 0.316. The van der Waals surface area contributed by atoms with Crippen molar-refractivity contribution in [1.29, 1.82) is 0 Å². The number of carbonyl (C=O) groups excluding carboxylic acids is 1. The minimum absolute atomic E-state index is 0.00508. The highest BCUT2D eigenvalue weighted by Crippen LogP contribution is 2.30. The van der Waals surface area contributed by atoms with Crippen molar-refractivity contribution in [2.24, 2.45) is 13.0 Å². The number of aryl methyl sites for hydroxylation is 1. The largest absolute Gasteiger partial charge is 0.488 e. The van der Waals surface area contributed by atoms with E-state index in [1.54, 1.807) is 47.1 Å². The number of carbonyl (C=O) groups is 1. The van der Waals surface area contributed by atoms with E-state index in [1.165, 1.54) is 12.5 Å². The van der Waals surface area contributed by atoms with E-state index in [9.17, 15) is 18.3 Å². The van der Waals surface area contributed by atoms with Crippen LogP contribution < -0.4 is 9.46 Å². The molecule has 210 valence electrons. The number of benzene rings is 1. The molecule has 4 rings (SSSR count). The van der Waals surface area contributed by atoms with Crippen molar-refractivity contribution < 1.29 is 23.1 Å². The second kappa shape index (κ2) is 12.1.